The second kappa shape index (κ2) is 8.98. The second-order valence-electron chi connectivity index (χ2n) is 11.3. The molecule has 0 bridgehead atoms. The van der Waals surface area contributed by atoms with E-state index in [0.717, 1.165) is 36.2 Å². The third-order valence-corrected chi connectivity index (χ3v) is 10.5. The number of benzene rings is 1. The van der Waals surface area contributed by atoms with Crippen LogP contribution in [0.1, 0.15) is 77.7 Å². The number of rotatable bonds is 1. The van der Waals surface area contributed by atoms with Crippen molar-refractivity contribution in [2.24, 2.45) is 28.6 Å². The molecule has 182 valence electrons. The van der Waals surface area contributed by atoms with Crippen LogP contribution in [-0.2, 0) is 10.1 Å². The summed E-state index contributed by atoms with van der Waals surface area (Å²) in [5.74, 6) is 2.66. The lowest BCUT2D eigenvalue weighted by Crippen LogP contribution is -2.49. The Labute approximate surface area is 199 Å². The van der Waals surface area contributed by atoms with Gasteiger partial charge in [-0.1, -0.05) is 54.8 Å². The molecule has 0 saturated heterocycles. The van der Waals surface area contributed by atoms with Gasteiger partial charge in [-0.15, -0.1) is 0 Å². The number of allylic oxidation sites excluding steroid dienone is 3. The SMILES string of the molecule is C/C=C1/CC[C@H]2[C@@H]3CC=C4C[C@@H](O)CC[C@]4(C)[C@H]3CC[C@]12C.Cc1ccc(S(=O)(=O)O)cc1. The molecule has 4 aliphatic rings. The summed E-state index contributed by atoms with van der Waals surface area (Å²) in [6.07, 6.45) is 14.9. The van der Waals surface area contributed by atoms with Crippen LogP contribution < -0.4 is 0 Å². The monoisotopic (exact) mass is 472 g/mol. The molecular weight excluding hydrogens is 432 g/mol. The molecule has 6 atom stereocenters. The molecule has 0 spiro atoms. The average molecular weight is 473 g/mol. The smallest absolute Gasteiger partial charge is 0.294 e. The maximum Gasteiger partial charge on any atom is 0.294 e. The first-order valence-electron chi connectivity index (χ1n) is 12.6. The summed E-state index contributed by atoms with van der Waals surface area (Å²) < 4.78 is 29.6. The van der Waals surface area contributed by atoms with Crippen LogP contribution >= 0.6 is 0 Å². The van der Waals surface area contributed by atoms with E-state index in [0.29, 0.717) is 10.8 Å². The molecule has 4 aliphatic carbocycles. The van der Waals surface area contributed by atoms with Crippen LogP contribution in [0, 0.1) is 35.5 Å². The van der Waals surface area contributed by atoms with Crippen molar-refractivity contribution >= 4 is 10.1 Å². The van der Waals surface area contributed by atoms with Crippen molar-refractivity contribution in [3.8, 4) is 0 Å². The highest BCUT2D eigenvalue weighted by molar-refractivity contribution is 7.85. The third kappa shape index (κ3) is 4.49. The molecule has 3 saturated carbocycles. The van der Waals surface area contributed by atoms with Gasteiger partial charge in [0, 0.05) is 0 Å². The van der Waals surface area contributed by atoms with Gasteiger partial charge in [-0.05, 0) is 106 Å². The van der Waals surface area contributed by atoms with Gasteiger partial charge in [-0.25, -0.2) is 0 Å². The Morgan fingerprint density at radius 2 is 1.64 bits per heavy atom. The van der Waals surface area contributed by atoms with Gasteiger partial charge in [0.05, 0.1) is 11.0 Å². The molecule has 1 aromatic carbocycles. The molecule has 3 fully saturated rings. The van der Waals surface area contributed by atoms with E-state index in [1.807, 2.05) is 6.92 Å². The Morgan fingerprint density at radius 1 is 1.00 bits per heavy atom. The molecule has 2 N–H and O–H groups in total. The van der Waals surface area contributed by atoms with E-state index in [-0.39, 0.29) is 11.0 Å². The second-order valence-corrected chi connectivity index (χ2v) is 12.7. The van der Waals surface area contributed by atoms with Gasteiger partial charge in [0.2, 0.25) is 0 Å². The number of aryl methyl sites for hydroxylation is 1. The summed E-state index contributed by atoms with van der Waals surface area (Å²) in [5, 5.41) is 10.1. The predicted octanol–water partition coefficient (Wildman–Crippen LogP) is 6.50. The Morgan fingerprint density at radius 3 is 2.27 bits per heavy atom. The minimum absolute atomic E-state index is 0.0666. The lowest BCUT2D eigenvalue weighted by atomic mass is 9.48. The van der Waals surface area contributed by atoms with E-state index in [4.69, 9.17) is 4.55 Å². The van der Waals surface area contributed by atoms with Gasteiger partial charge in [-0.2, -0.15) is 8.42 Å². The Hall–Kier alpha value is -1.43. The Balaban J connectivity index is 0.000000200. The molecule has 0 unspecified atom stereocenters. The number of aliphatic hydroxyl groups excluding tert-OH is 1. The number of fused-ring (bicyclic) bond motifs is 5. The molecule has 0 radical (unpaired) electrons. The largest absolute Gasteiger partial charge is 0.393 e. The van der Waals surface area contributed by atoms with E-state index >= 15 is 0 Å². The third-order valence-electron chi connectivity index (χ3n) is 9.59. The fraction of sp³-hybridized carbons (Fsp3) is 0.643. The van der Waals surface area contributed by atoms with Gasteiger partial charge in [0.15, 0.2) is 0 Å². The quantitative estimate of drug-likeness (QED) is 0.361. The molecule has 1 aromatic rings. The van der Waals surface area contributed by atoms with Gasteiger partial charge < -0.3 is 5.11 Å². The summed E-state index contributed by atoms with van der Waals surface area (Å²) in [5.41, 5.74) is 5.18. The maximum atomic E-state index is 10.5. The van der Waals surface area contributed by atoms with Gasteiger partial charge in [-0.3, -0.25) is 4.55 Å². The van der Waals surface area contributed by atoms with Crippen LogP contribution in [0.5, 0.6) is 0 Å². The molecule has 4 nitrogen and oxygen atoms in total. The molecule has 0 aliphatic heterocycles. The van der Waals surface area contributed by atoms with Gasteiger partial charge in [0.1, 0.15) is 0 Å². The van der Waals surface area contributed by atoms with Crippen molar-refractivity contribution in [2.75, 3.05) is 0 Å². The van der Waals surface area contributed by atoms with Crippen LogP contribution in [0.15, 0.2) is 52.5 Å². The normalized spacial score (nSPS) is 39.0. The first kappa shape index (κ1) is 24.7. The highest BCUT2D eigenvalue weighted by Crippen LogP contribution is 2.66. The van der Waals surface area contributed by atoms with Crippen LogP contribution in [0.4, 0.5) is 0 Å². The van der Waals surface area contributed by atoms with E-state index < -0.39 is 10.1 Å². The van der Waals surface area contributed by atoms with Crippen LogP contribution in [0.3, 0.4) is 0 Å². The van der Waals surface area contributed by atoms with Crippen molar-refractivity contribution in [3.63, 3.8) is 0 Å². The topological polar surface area (TPSA) is 74.6 Å². The zero-order chi connectivity index (χ0) is 24.0. The van der Waals surface area contributed by atoms with Crippen LogP contribution in [0.25, 0.3) is 0 Å². The lowest BCUT2D eigenvalue weighted by Gasteiger charge is -2.57. The first-order valence-corrected chi connectivity index (χ1v) is 14.0. The lowest BCUT2D eigenvalue weighted by molar-refractivity contribution is -0.0268. The van der Waals surface area contributed by atoms with E-state index in [1.165, 1.54) is 50.7 Å². The number of hydrogen-bond acceptors (Lipinski definition) is 3. The average Bonchev–Trinajstić information content (AvgIpc) is 3.11. The fourth-order valence-electron chi connectivity index (χ4n) is 7.67. The Kier molecular flexibility index (Phi) is 6.71. The maximum absolute atomic E-state index is 10.5. The zero-order valence-corrected chi connectivity index (χ0v) is 21.4. The van der Waals surface area contributed by atoms with E-state index in [1.54, 1.807) is 23.3 Å². The zero-order valence-electron chi connectivity index (χ0n) is 20.5. The van der Waals surface area contributed by atoms with Crippen molar-refractivity contribution in [2.45, 2.75) is 90.1 Å². The molecule has 33 heavy (non-hydrogen) atoms. The first-order chi connectivity index (χ1) is 15.5. The molecular formula is C28H40O4S. The van der Waals surface area contributed by atoms with Crippen LogP contribution in [-0.4, -0.2) is 24.2 Å². The van der Waals surface area contributed by atoms with Crippen LogP contribution in [0.2, 0.25) is 0 Å². The standard InChI is InChI=1S/C21H32O.C7H8O3S/c1-4-14-6-8-18-17-7-5-15-13-16(22)9-11-21(15,3)19(17)10-12-20(14,18)2;1-6-2-4-7(5-3-6)11(8,9)10/h4-5,16-19,22H,6-13H2,1-3H3;2-5H,1H3,(H,8,9,10)/b14-4-;/t16-,17-,18-,19-,20+,21-;/m0./s1. The minimum atomic E-state index is -4.02. The summed E-state index contributed by atoms with van der Waals surface area (Å²) in [4.78, 5) is -0.0666. The Bertz CT molecular complexity index is 1040. The van der Waals surface area contributed by atoms with Gasteiger partial charge in [0.25, 0.3) is 10.1 Å². The number of hydrogen-bond donors (Lipinski definition) is 2. The molecule has 0 amide bonds. The highest BCUT2D eigenvalue weighted by atomic mass is 32.2. The van der Waals surface area contributed by atoms with Crippen molar-refractivity contribution in [1.29, 1.82) is 0 Å². The van der Waals surface area contributed by atoms with E-state index in [2.05, 4.69) is 32.9 Å². The summed E-state index contributed by atoms with van der Waals surface area (Å²) in [6.45, 7) is 9.17. The van der Waals surface area contributed by atoms with E-state index in [9.17, 15) is 13.5 Å². The summed E-state index contributed by atoms with van der Waals surface area (Å²) in [6, 6.07) is 5.99. The van der Waals surface area contributed by atoms with Gasteiger partial charge >= 0.3 is 0 Å². The molecule has 0 aromatic heterocycles. The molecule has 5 heteroatoms. The molecule has 5 rings (SSSR count). The predicted molar refractivity (Wildman–Crippen MR) is 132 cm³/mol. The number of aliphatic hydroxyl groups is 1. The summed E-state index contributed by atoms with van der Waals surface area (Å²) in [7, 11) is -4.02. The van der Waals surface area contributed by atoms with Crippen molar-refractivity contribution in [3.05, 3.63) is 53.1 Å². The fourth-order valence-corrected chi connectivity index (χ4v) is 8.15. The minimum Gasteiger partial charge on any atom is -0.393 e. The molecule has 0 heterocycles. The highest BCUT2D eigenvalue weighted by Gasteiger charge is 2.56. The van der Waals surface area contributed by atoms with Crippen molar-refractivity contribution < 1.29 is 18.1 Å². The summed E-state index contributed by atoms with van der Waals surface area (Å²) >= 11 is 0. The van der Waals surface area contributed by atoms with Crippen molar-refractivity contribution in [1.82, 2.24) is 0 Å².